The molecule has 0 saturated carbocycles. The van der Waals surface area contributed by atoms with E-state index in [1.54, 1.807) is 4.90 Å². The summed E-state index contributed by atoms with van der Waals surface area (Å²) >= 11 is 0.574. The Balaban J connectivity index is 1.75. The lowest BCUT2D eigenvalue weighted by molar-refractivity contribution is -0.145. The van der Waals surface area contributed by atoms with Crippen LogP contribution >= 0.6 is 11.8 Å². The molecule has 1 unspecified atom stereocenters. The van der Waals surface area contributed by atoms with Crippen LogP contribution in [0.3, 0.4) is 0 Å². The summed E-state index contributed by atoms with van der Waals surface area (Å²) in [5.41, 5.74) is 0. The summed E-state index contributed by atoms with van der Waals surface area (Å²) in [6.07, 6.45) is -2.81. The molecule has 1 N–H and O–H groups in total. The molecule has 23 heavy (non-hydrogen) atoms. The van der Waals surface area contributed by atoms with Crippen molar-refractivity contribution in [3.63, 3.8) is 0 Å². The smallest absolute Gasteiger partial charge is 0.397 e. The molecule has 0 aliphatic carbocycles. The number of carboxylic acids is 1. The quantitative estimate of drug-likeness (QED) is 0.817. The second-order valence-electron chi connectivity index (χ2n) is 5.90. The number of piperidine rings is 1. The van der Waals surface area contributed by atoms with Crippen LogP contribution in [0, 0.1) is 11.8 Å². The molecule has 9 heteroatoms. The summed E-state index contributed by atoms with van der Waals surface area (Å²) in [5, 5.41) is 9.18. The Morgan fingerprint density at radius 2 is 1.87 bits per heavy atom. The number of rotatable bonds is 5. The number of hydrogen-bond donors (Lipinski definition) is 1. The van der Waals surface area contributed by atoms with E-state index in [0.717, 1.165) is 0 Å². The lowest BCUT2D eigenvalue weighted by Crippen LogP contribution is -2.44. The van der Waals surface area contributed by atoms with Crippen molar-refractivity contribution in [2.45, 2.75) is 31.5 Å². The van der Waals surface area contributed by atoms with Gasteiger partial charge >= 0.3 is 12.1 Å². The van der Waals surface area contributed by atoms with Gasteiger partial charge < -0.3 is 14.7 Å². The first-order chi connectivity index (χ1) is 10.8. The number of carbonyl (C=O) groups excluding carboxylic acids is 1. The normalized spacial score (nSPS) is 26.5. The van der Waals surface area contributed by atoms with E-state index < -0.39 is 23.8 Å². The Morgan fingerprint density at radius 3 is 2.43 bits per heavy atom. The molecule has 2 fully saturated rings. The Bertz CT molecular complexity index is 438. The van der Waals surface area contributed by atoms with E-state index >= 15 is 0 Å². The van der Waals surface area contributed by atoms with E-state index in [0.29, 0.717) is 50.7 Å². The van der Waals surface area contributed by atoms with E-state index in [1.807, 2.05) is 0 Å². The molecule has 2 saturated heterocycles. The van der Waals surface area contributed by atoms with Crippen molar-refractivity contribution in [1.82, 2.24) is 4.90 Å². The number of halogens is 3. The zero-order valence-electron chi connectivity index (χ0n) is 12.6. The minimum Gasteiger partial charge on any atom is -0.481 e. The highest BCUT2D eigenvalue weighted by Crippen LogP contribution is 2.33. The molecule has 1 amide bonds. The highest BCUT2D eigenvalue weighted by molar-refractivity contribution is 8.00. The van der Waals surface area contributed by atoms with Crippen molar-refractivity contribution in [2.75, 3.05) is 31.2 Å². The van der Waals surface area contributed by atoms with Crippen molar-refractivity contribution in [3.8, 4) is 0 Å². The van der Waals surface area contributed by atoms with Gasteiger partial charge in [-0.25, -0.2) is 0 Å². The van der Waals surface area contributed by atoms with Gasteiger partial charge in [0.1, 0.15) is 0 Å². The van der Waals surface area contributed by atoms with Crippen LogP contribution < -0.4 is 0 Å². The van der Waals surface area contributed by atoms with E-state index in [2.05, 4.69) is 0 Å². The molecule has 2 heterocycles. The van der Waals surface area contributed by atoms with Crippen molar-refractivity contribution in [2.24, 2.45) is 11.8 Å². The number of ether oxygens (including phenoxy) is 1. The fourth-order valence-electron chi connectivity index (χ4n) is 3.16. The molecule has 132 valence electrons. The Morgan fingerprint density at radius 1 is 1.22 bits per heavy atom. The fraction of sp³-hybridized carbons (Fsp3) is 0.857. The Labute approximate surface area is 136 Å². The third-order valence-electron chi connectivity index (χ3n) is 4.30. The first-order valence-corrected chi connectivity index (χ1v) is 8.70. The number of carboxylic acid groups (broad SMARTS) is 1. The van der Waals surface area contributed by atoms with Crippen LogP contribution in [0.2, 0.25) is 0 Å². The SMILES string of the molecule is O=C(O)C1CCO[C@H]1C1CCN(C(=O)CSCC(F)(F)F)CC1. The van der Waals surface area contributed by atoms with Gasteiger partial charge in [0, 0.05) is 19.7 Å². The average Bonchev–Trinajstić information content (AvgIpc) is 2.95. The average molecular weight is 355 g/mol. The predicted octanol–water partition coefficient (Wildman–Crippen LogP) is 2.01. The van der Waals surface area contributed by atoms with Gasteiger partial charge in [0.25, 0.3) is 0 Å². The Kier molecular flexibility index (Phi) is 6.19. The van der Waals surface area contributed by atoms with Crippen molar-refractivity contribution in [3.05, 3.63) is 0 Å². The lowest BCUT2D eigenvalue weighted by Gasteiger charge is -2.35. The number of alkyl halides is 3. The van der Waals surface area contributed by atoms with E-state index in [4.69, 9.17) is 4.74 Å². The number of thioether (sulfide) groups is 1. The van der Waals surface area contributed by atoms with Crippen LogP contribution in [0.4, 0.5) is 13.2 Å². The van der Waals surface area contributed by atoms with Crippen LogP contribution in [0.25, 0.3) is 0 Å². The topological polar surface area (TPSA) is 66.8 Å². The van der Waals surface area contributed by atoms with Gasteiger partial charge in [-0.05, 0) is 25.2 Å². The van der Waals surface area contributed by atoms with E-state index in [-0.39, 0.29) is 23.7 Å². The zero-order chi connectivity index (χ0) is 17.0. The summed E-state index contributed by atoms with van der Waals surface area (Å²) in [6, 6.07) is 0. The van der Waals surface area contributed by atoms with E-state index in [9.17, 15) is 27.9 Å². The minimum atomic E-state index is -4.26. The number of amides is 1. The molecule has 0 radical (unpaired) electrons. The molecule has 2 aliphatic heterocycles. The highest BCUT2D eigenvalue weighted by Gasteiger charge is 2.40. The molecule has 2 rings (SSSR count). The number of likely N-dealkylation sites (tertiary alicyclic amines) is 1. The van der Waals surface area contributed by atoms with Crippen molar-refractivity contribution in [1.29, 1.82) is 0 Å². The van der Waals surface area contributed by atoms with Gasteiger partial charge in [0.05, 0.1) is 23.5 Å². The van der Waals surface area contributed by atoms with Gasteiger partial charge in [-0.3, -0.25) is 9.59 Å². The van der Waals surface area contributed by atoms with Gasteiger partial charge in [-0.2, -0.15) is 13.2 Å². The maximum absolute atomic E-state index is 12.1. The summed E-state index contributed by atoms with van der Waals surface area (Å²) < 4.78 is 41.8. The summed E-state index contributed by atoms with van der Waals surface area (Å²) in [5.74, 6) is -2.75. The molecule has 2 aliphatic rings. The Hall–Kier alpha value is -0.960. The number of nitrogens with zero attached hydrogens (tertiary/aromatic N) is 1. The second-order valence-corrected chi connectivity index (χ2v) is 6.88. The zero-order valence-corrected chi connectivity index (χ0v) is 13.4. The number of carbonyl (C=O) groups is 2. The third-order valence-corrected chi connectivity index (χ3v) is 5.28. The molecule has 0 spiro atoms. The molecule has 0 aromatic rings. The molecule has 5 nitrogen and oxygen atoms in total. The van der Waals surface area contributed by atoms with Crippen LogP contribution in [0.1, 0.15) is 19.3 Å². The first-order valence-electron chi connectivity index (χ1n) is 7.54. The molecular weight excluding hydrogens is 335 g/mol. The summed E-state index contributed by atoms with van der Waals surface area (Å²) in [7, 11) is 0. The van der Waals surface area contributed by atoms with E-state index in [1.165, 1.54) is 0 Å². The number of hydrogen-bond acceptors (Lipinski definition) is 4. The van der Waals surface area contributed by atoms with Crippen molar-refractivity contribution < 1.29 is 32.6 Å². The fourth-order valence-corrected chi connectivity index (χ4v) is 3.85. The molecule has 0 aromatic heterocycles. The second kappa shape index (κ2) is 7.74. The van der Waals surface area contributed by atoms with Crippen LogP contribution in [-0.2, 0) is 14.3 Å². The van der Waals surface area contributed by atoms with Crippen LogP contribution in [-0.4, -0.2) is 65.4 Å². The van der Waals surface area contributed by atoms with Crippen LogP contribution in [0.5, 0.6) is 0 Å². The summed E-state index contributed by atoms with van der Waals surface area (Å²) in [4.78, 5) is 24.6. The number of aliphatic carboxylic acids is 1. The first kappa shape index (κ1) is 18.4. The summed E-state index contributed by atoms with van der Waals surface area (Å²) in [6.45, 7) is 1.33. The molecule has 2 atom stereocenters. The van der Waals surface area contributed by atoms with Crippen LogP contribution in [0.15, 0.2) is 0 Å². The lowest BCUT2D eigenvalue weighted by atomic mass is 9.84. The van der Waals surface area contributed by atoms with Gasteiger partial charge in [0.15, 0.2) is 0 Å². The molecule has 0 bridgehead atoms. The standard InChI is InChI=1S/C14H20F3NO4S/c15-14(16,17)8-23-7-11(19)18-4-1-9(2-5-18)12-10(13(20)21)3-6-22-12/h9-10,12H,1-8H2,(H,20,21)/t10?,12-/m0/s1. The highest BCUT2D eigenvalue weighted by atomic mass is 32.2. The maximum atomic E-state index is 12.1. The minimum absolute atomic E-state index is 0.0884. The molecular formula is C14H20F3NO4S. The van der Waals surface area contributed by atoms with Gasteiger partial charge in [-0.15, -0.1) is 11.8 Å². The van der Waals surface area contributed by atoms with Gasteiger partial charge in [0.2, 0.25) is 5.91 Å². The predicted molar refractivity (Wildman–Crippen MR) is 78.2 cm³/mol. The molecule has 0 aromatic carbocycles. The maximum Gasteiger partial charge on any atom is 0.397 e. The third kappa shape index (κ3) is 5.27. The largest absolute Gasteiger partial charge is 0.481 e. The van der Waals surface area contributed by atoms with Gasteiger partial charge in [-0.1, -0.05) is 0 Å². The van der Waals surface area contributed by atoms with Crippen molar-refractivity contribution >= 4 is 23.6 Å². The monoisotopic (exact) mass is 355 g/mol.